The van der Waals surface area contributed by atoms with Gasteiger partial charge in [-0.3, -0.25) is 0 Å². The first kappa shape index (κ1) is 16.6. The largest absolute Gasteiger partial charge is 0.489 e. The van der Waals surface area contributed by atoms with Gasteiger partial charge in [-0.1, -0.05) is 17.7 Å². The molecule has 0 aliphatic carbocycles. The van der Waals surface area contributed by atoms with Gasteiger partial charge >= 0.3 is 0 Å². The molecule has 2 unspecified atom stereocenters. The Hall–Kier alpha value is -1.46. The SMILES string of the molecule is COCC(C)NC(N)=NCC(C)Oc1cccc(Cl)c1. The van der Waals surface area contributed by atoms with E-state index < -0.39 is 0 Å². The zero-order valence-corrected chi connectivity index (χ0v) is 12.9. The Morgan fingerprint density at radius 3 is 2.85 bits per heavy atom. The van der Waals surface area contributed by atoms with Crippen molar-refractivity contribution in [2.45, 2.75) is 26.0 Å². The summed E-state index contributed by atoms with van der Waals surface area (Å²) in [4.78, 5) is 4.23. The van der Waals surface area contributed by atoms with E-state index in [4.69, 9.17) is 26.8 Å². The lowest BCUT2D eigenvalue weighted by molar-refractivity contribution is 0.179. The molecule has 112 valence electrons. The maximum Gasteiger partial charge on any atom is 0.189 e. The molecule has 0 heterocycles. The van der Waals surface area contributed by atoms with Crippen LogP contribution in [0.25, 0.3) is 0 Å². The van der Waals surface area contributed by atoms with Gasteiger partial charge < -0.3 is 20.5 Å². The third kappa shape index (κ3) is 6.63. The van der Waals surface area contributed by atoms with E-state index in [1.165, 1.54) is 0 Å². The van der Waals surface area contributed by atoms with Crippen molar-refractivity contribution in [1.82, 2.24) is 5.32 Å². The van der Waals surface area contributed by atoms with Gasteiger partial charge in [0.25, 0.3) is 0 Å². The van der Waals surface area contributed by atoms with E-state index in [9.17, 15) is 0 Å². The van der Waals surface area contributed by atoms with Crippen molar-refractivity contribution in [3.05, 3.63) is 29.3 Å². The van der Waals surface area contributed by atoms with Crippen molar-refractivity contribution in [2.75, 3.05) is 20.3 Å². The molecule has 0 aliphatic rings. The van der Waals surface area contributed by atoms with E-state index in [0.717, 1.165) is 5.75 Å². The second kappa shape index (κ2) is 8.66. The Kier molecular flexibility index (Phi) is 7.18. The van der Waals surface area contributed by atoms with E-state index in [0.29, 0.717) is 24.1 Å². The van der Waals surface area contributed by atoms with Gasteiger partial charge in [-0.05, 0) is 32.0 Å². The molecule has 6 heteroatoms. The lowest BCUT2D eigenvalue weighted by Crippen LogP contribution is -2.41. The van der Waals surface area contributed by atoms with Crippen LogP contribution in [-0.2, 0) is 4.74 Å². The van der Waals surface area contributed by atoms with Crippen LogP contribution in [0.4, 0.5) is 0 Å². The molecule has 0 bridgehead atoms. The van der Waals surface area contributed by atoms with Crippen molar-refractivity contribution in [1.29, 1.82) is 0 Å². The number of benzene rings is 1. The van der Waals surface area contributed by atoms with E-state index >= 15 is 0 Å². The van der Waals surface area contributed by atoms with Crippen LogP contribution < -0.4 is 15.8 Å². The minimum Gasteiger partial charge on any atom is -0.489 e. The van der Waals surface area contributed by atoms with Crippen LogP contribution in [0.2, 0.25) is 5.02 Å². The monoisotopic (exact) mass is 299 g/mol. The van der Waals surface area contributed by atoms with Crippen molar-refractivity contribution in [3.63, 3.8) is 0 Å². The van der Waals surface area contributed by atoms with Crippen LogP contribution in [0.5, 0.6) is 5.75 Å². The Labute approximate surface area is 125 Å². The molecular weight excluding hydrogens is 278 g/mol. The summed E-state index contributed by atoms with van der Waals surface area (Å²) in [6.07, 6.45) is -0.0912. The highest BCUT2D eigenvalue weighted by Gasteiger charge is 2.05. The summed E-state index contributed by atoms with van der Waals surface area (Å²) in [5.41, 5.74) is 5.78. The van der Waals surface area contributed by atoms with Crippen molar-refractivity contribution in [3.8, 4) is 5.75 Å². The first-order chi connectivity index (χ1) is 9.51. The number of guanidine groups is 1. The number of rotatable bonds is 7. The lowest BCUT2D eigenvalue weighted by Gasteiger charge is -2.15. The molecule has 2 atom stereocenters. The fourth-order valence-corrected chi connectivity index (χ4v) is 1.81. The van der Waals surface area contributed by atoms with E-state index in [2.05, 4.69) is 10.3 Å². The Morgan fingerprint density at radius 1 is 1.45 bits per heavy atom. The Balaban J connectivity index is 2.40. The van der Waals surface area contributed by atoms with E-state index in [-0.39, 0.29) is 12.1 Å². The summed E-state index contributed by atoms with van der Waals surface area (Å²) < 4.78 is 10.7. The normalized spacial score (nSPS) is 14.7. The molecule has 0 saturated carbocycles. The molecule has 0 aliphatic heterocycles. The third-order valence-corrected chi connectivity index (χ3v) is 2.70. The first-order valence-electron chi connectivity index (χ1n) is 6.49. The predicted octanol–water partition coefficient (Wildman–Crippen LogP) is 2.05. The Bertz CT molecular complexity index is 440. The summed E-state index contributed by atoms with van der Waals surface area (Å²) in [7, 11) is 1.65. The number of nitrogens with two attached hydrogens (primary N) is 1. The van der Waals surface area contributed by atoms with Gasteiger partial charge in [-0.15, -0.1) is 0 Å². The molecule has 1 aromatic carbocycles. The summed E-state index contributed by atoms with van der Waals surface area (Å²) >= 11 is 5.89. The number of halogens is 1. The summed E-state index contributed by atoms with van der Waals surface area (Å²) in [5.74, 6) is 1.11. The average Bonchev–Trinajstić information content (AvgIpc) is 2.36. The fraction of sp³-hybridized carbons (Fsp3) is 0.500. The summed E-state index contributed by atoms with van der Waals surface area (Å²) in [6, 6.07) is 7.39. The highest BCUT2D eigenvalue weighted by molar-refractivity contribution is 6.30. The van der Waals surface area contributed by atoms with Gasteiger partial charge in [0, 0.05) is 18.2 Å². The molecule has 1 aromatic rings. The molecule has 0 radical (unpaired) electrons. The van der Waals surface area contributed by atoms with Crippen LogP contribution in [0, 0.1) is 0 Å². The van der Waals surface area contributed by atoms with Crippen LogP contribution in [0.3, 0.4) is 0 Å². The number of nitrogens with zero attached hydrogens (tertiary/aromatic N) is 1. The van der Waals surface area contributed by atoms with Gasteiger partial charge in [-0.2, -0.15) is 0 Å². The van der Waals surface area contributed by atoms with Crippen molar-refractivity contribution >= 4 is 17.6 Å². The van der Waals surface area contributed by atoms with Gasteiger partial charge in [0.1, 0.15) is 11.9 Å². The minimum absolute atomic E-state index is 0.0912. The summed E-state index contributed by atoms with van der Waals surface area (Å²) in [6.45, 7) is 4.93. The lowest BCUT2D eigenvalue weighted by atomic mass is 10.3. The smallest absolute Gasteiger partial charge is 0.189 e. The first-order valence-corrected chi connectivity index (χ1v) is 6.86. The minimum atomic E-state index is -0.0912. The van der Waals surface area contributed by atoms with Crippen LogP contribution >= 0.6 is 11.6 Å². The zero-order chi connectivity index (χ0) is 15.0. The zero-order valence-electron chi connectivity index (χ0n) is 12.1. The summed E-state index contributed by atoms with van der Waals surface area (Å²) in [5, 5.41) is 3.68. The quantitative estimate of drug-likeness (QED) is 0.597. The molecule has 5 nitrogen and oxygen atoms in total. The number of hydrogen-bond acceptors (Lipinski definition) is 3. The van der Waals surface area contributed by atoms with Crippen LogP contribution in [0.15, 0.2) is 29.3 Å². The maximum absolute atomic E-state index is 5.89. The number of nitrogens with one attached hydrogen (secondary N) is 1. The number of methoxy groups -OCH3 is 1. The number of hydrogen-bond donors (Lipinski definition) is 2. The standard InChI is InChI=1S/C14H22ClN3O2/c1-10(9-19-3)18-14(16)17-8-11(2)20-13-6-4-5-12(15)7-13/h4-7,10-11H,8-9H2,1-3H3,(H3,16,17,18). The van der Waals surface area contributed by atoms with E-state index in [1.54, 1.807) is 19.2 Å². The molecule has 0 fully saturated rings. The van der Waals surface area contributed by atoms with E-state index in [1.807, 2.05) is 26.0 Å². The molecule has 3 N–H and O–H groups in total. The van der Waals surface area contributed by atoms with Crippen LogP contribution in [-0.4, -0.2) is 38.4 Å². The highest BCUT2D eigenvalue weighted by atomic mass is 35.5. The third-order valence-electron chi connectivity index (χ3n) is 2.46. The van der Waals surface area contributed by atoms with Gasteiger partial charge in [0.2, 0.25) is 0 Å². The number of ether oxygens (including phenoxy) is 2. The maximum atomic E-state index is 5.89. The predicted molar refractivity (Wildman–Crippen MR) is 82.5 cm³/mol. The van der Waals surface area contributed by atoms with Gasteiger partial charge in [0.15, 0.2) is 5.96 Å². The molecule has 20 heavy (non-hydrogen) atoms. The molecule has 0 spiro atoms. The number of aliphatic imine (C=N–C) groups is 1. The van der Waals surface area contributed by atoms with Crippen molar-refractivity contribution < 1.29 is 9.47 Å². The molecule has 0 saturated heterocycles. The van der Waals surface area contributed by atoms with Crippen LogP contribution in [0.1, 0.15) is 13.8 Å². The Morgan fingerprint density at radius 2 is 2.20 bits per heavy atom. The molecule has 1 rings (SSSR count). The average molecular weight is 300 g/mol. The second-order valence-electron chi connectivity index (χ2n) is 4.61. The molecule has 0 amide bonds. The van der Waals surface area contributed by atoms with Crippen molar-refractivity contribution in [2.24, 2.45) is 10.7 Å². The highest BCUT2D eigenvalue weighted by Crippen LogP contribution is 2.18. The molecular formula is C14H22ClN3O2. The topological polar surface area (TPSA) is 68.9 Å². The van der Waals surface area contributed by atoms with Gasteiger partial charge in [-0.25, -0.2) is 4.99 Å². The fourth-order valence-electron chi connectivity index (χ4n) is 1.63. The molecule has 0 aromatic heterocycles. The van der Waals surface area contributed by atoms with Gasteiger partial charge in [0.05, 0.1) is 13.2 Å². The second-order valence-corrected chi connectivity index (χ2v) is 5.05.